The summed E-state index contributed by atoms with van der Waals surface area (Å²) in [5, 5.41) is 3.04. The molecule has 182 valence electrons. The zero-order valence-corrected chi connectivity index (χ0v) is 20.1. The van der Waals surface area contributed by atoms with Crippen molar-refractivity contribution in [2.45, 2.75) is 29.3 Å². The minimum atomic E-state index is -4.68. The van der Waals surface area contributed by atoms with Crippen molar-refractivity contribution in [2.24, 2.45) is 0 Å². The Hall–Kier alpha value is -2.34. The highest BCUT2D eigenvalue weighted by Crippen LogP contribution is 2.41. The molecule has 0 aliphatic carbocycles. The van der Waals surface area contributed by atoms with E-state index < -0.39 is 38.9 Å². The van der Waals surface area contributed by atoms with E-state index in [9.17, 15) is 26.0 Å². The summed E-state index contributed by atoms with van der Waals surface area (Å²) in [6, 6.07) is 9.54. The lowest BCUT2D eigenvalue weighted by atomic mass is 10.1. The van der Waals surface area contributed by atoms with E-state index in [1.165, 1.54) is 30.3 Å². The van der Waals surface area contributed by atoms with Gasteiger partial charge in [-0.15, -0.1) is 11.3 Å². The number of alkyl halides is 3. The molecule has 0 radical (unpaired) electrons. The van der Waals surface area contributed by atoms with Gasteiger partial charge >= 0.3 is 6.18 Å². The zero-order chi connectivity index (χ0) is 24.7. The van der Waals surface area contributed by atoms with E-state index in [1.807, 2.05) is 0 Å². The van der Waals surface area contributed by atoms with Crippen LogP contribution in [-0.2, 0) is 16.2 Å². The Morgan fingerprint density at radius 3 is 2.47 bits per heavy atom. The standard InChI is InChI=1S/C22H19ClF4N2O3S2/c1-21(8-9-28-12-21)32-18-10-15(6-7-17(18)22(25,26)27)29-34(30,31)19-11-16(20(23)33-19)13-2-4-14(24)5-3-13/h2-7,10-11,28-29H,8-9,12H2,1H3/t21-/m1/s1. The van der Waals surface area contributed by atoms with Crippen molar-refractivity contribution >= 4 is 38.6 Å². The Morgan fingerprint density at radius 2 is 1.85 bits per heavy atom. The predicted molar refractivity (Wildman–Crippen MR) is 123 cm³/mol. The van der Waals surface area contributed by atoms with Gasteiger partial charge in [0.05, 0.1) is 11.3 Å². The third-order valence-corrected chi connectivity index (χ3v) is 8.52. The molecule has 1 atom stereocenters. The molecule has 1 aliphatic rings. The molecule has 1 fully saturated rings. The van der Waals surface area contributed by atoms with Crippen molar-refractivity contribution < 1.29 is 30.7 Å². The van der Waals surface area contributed by atoms with Crippen LogP contribution in [0.2, 0.25) is 4.34 Å². The van der Waals surface area contributed by atoms with E-state index in [0.717, 1.165) is 29.5 Å². The summed E-state index contributed by atoms with van der Waals surface area (Å²) in [6.07, 6.45) is -4.18. The first kappa shape index (κ1) is 24.8. The molecule has 1 saturated heterocycles. The number of thiophene rings is 1. The van der Waals surface area contributed by atoms with Crippen molar-refractivity contribution in [2.75, 3.05) is 17.8 Å². The number of nitrogens with one attached hydrogen (secondary N) is 2. The van der Waals surface area contributed by atoms with Gasteiger partial charge in [-0.05, 0) is 49.4 Å². The molecule has 5 nitrogen and oxygen atoms in total. The van der Waals surface area contributed by atoms with E-state index in [-0.39, 0.29) is 14.2 Å². The first-order valence-electron chi connectivity index (χ1n) is 10.1. The molecular weight excluding hydrogens is 516 g/mol. The number of anilines is 1. The predicted octanol–water partition coefficient (Wildman–Crippen LogP) is 6.16. The Kier molecular flexibility index (Phi) is 6.58. The molecule has 1 aliphatic heterocycles. The molecule has 12 heteroatoms. The molecule has 2 aromatic carbocycles. The summed E-state index contributed by atoms with van der Waals surface area (Å²) in [5.41, 5.74) is -1.03. The molecule has 3 aromatic rings. The number of benzene rings is 2. The van der Waals surface area contributed by atoms with Gasteiger partial charge in [-0.1, -0.05) is 23.7 Å². The SMILES string of the molecule is C[C@@]1(Oc2cc(NS(=O)(=O)c3cc(-c4ccc(F)cc4)c(Cl)s3)ccc2C(F)(F)F)CCNC1. The number of hydrogen-bond donors (Lipinski definition) is 2. The highest BCUT2D eigenvalue weighted by molar-refractivity contribution is 7.94. The van der Waals surface area contributed by atoms with Crippen LogP contribution in [0.15, 0.2) is 52.7 Å². The maximum absolute atomic E-state index is 13.5. The molecular formula is C22H19ClF4N2O3S2. The smallest absolute Gasteiger partial charge is 0.419 e. The molecule has 2 N–H and O–H groups in total. The molecule has 0 bridgehead atoms. The van der Waals surface area contributed by atoms with Crippen molar-refractivity contribution in [1.29, 1.82) is 0 Å². The second-order valence-corrected chi connectivity index (χ2v) is 11.6. The van der Waals surface area contributed by atoms with Crippen LogP contribution < -0.4 is 14.8 Å². The highest BCUT2D eigenvalue weighted by Gasteiger charge is 2.38. The van der Waals surface area contributed by atoms with Crippen LogP contribution in [0, 0.1) is 5.82 Å². The van der Waals surface area contributed by atoms with Crippen molar-refractivity contribution in [1.82, 2.24) is 5.32 Å². The monoisotopic (exact) mass is 534 g/mol. The largest absolute Gasteiger partial charge is 0.485 e. The molecule has 1 aromatic heterocycles. The van der Waals surface area contributed by atoms with E-state index >= 15 is 0 Å². The third-order valence-electron chi connectivity index (χ3n) is 5.31. The fourth-order valence-electron chi connectivity index (χ4n) is 3.56. The molecule has 0 saturated carbocycles. The molecule has 4 rings (SSSR count). The molecule has 34 heavy (non-hydrogen) atoms. The van der Waals surface area contributed by atoms with Crippen molar-refractivity contribution in [3.63, 3.8) is 0 Å². The van der Waals surface area contributed by atoms with Gasteiger partial charge < -0.3 is 10.1 Å². The molecule has 0 spiro atoms. The Labute approximate surface area is 202 Å². The third kappa shape index (κ3) is 5.32. The number of sulfonamides is 1. The maximum atomic E-state index is 13.5. The van der Waals surface area contributed by atoms with E-state index in [1.54, 1.807) is 6.92 Å². The summed E-state index contributed by atoms with van der Waals surface area (Å²) in [5.74, 6) is -0.915. The van der Waals surface area contributed by atoms with Gasteiger partial charge in [0.2, 0.25) is 0 Å². The van der Waals surface area contributed by atoms with Gasteiger partial charge in [0, 0.05) is 24.6 Å². The van der Waals surface area contributed by atoms with Crippen molar-refractivity contribution in [3.05, 3.63) is 64.2 Å². The van der Waals surface area contributed by atoms with Gasteiger partial charge in [0.1, 0.15) is 25.7 Å². The topological polar surface area (TPSA) is 67.4 Å². The fourth-order valence-corrected chi connectivity index (χ4v) is 6.38. The van der Waals surface area contributed by atoms with Crippen LogP contribution in [0.5, 0.6) is 5.75 Å². The van der Waals surface area contributed by atoms with E-state index in [0.29, 0.717) is 30.6 Å². The molecule has 2 heterocycles. The average molecular weight is 535 g/mol. The lowest BCUT2D eigenvalue weighted by Crippen LogP contribution is -2.35. The van der Waals surface area contributed by atoms with Crippen LogP contribution in [0.25, 0.3) is 11.1 Å². The fraction of sp³-hybridized carbons (Fsp3) is 0.273. The van der Waals surface area contributed by atoms with Crippen LogP contribution >= 0.6 is 22.9 Å². The van der Waals surface area contributed by atoms with Crippen molar-refractivity contribution in [3.8, 4) is 16.9 Å². The summed E-state index contributed by atoms with van der Waals surface area (Å²) < 4.78 is 87.8. The Balaban J connectivity index is 1.64. The highest BCUT2D eigenvalue weighted by atomic mass is 35.5. The Bertz CT molecular complexity index is 1300. The zero-order valence-electron chi connectivity index (χ0n) is 17.7. The van der Waals surface area contributed by atoms with Crippen LogP contribution in [0.3, 0.4) is 0 Å². The summed E-state index contributed by atoms with van der Waals surface area (Å²) in [6.45, 7) is 2.65. The summed E-state index contributed by atoms with van der Waals surface area (Å²) in [4.78, 5) is 0. The quantitative estimate of drug-likeness (QED) is 0.372. The molecule has 0 amide bonds. The number of rotatable bonds is 6. The van der Waals surface area contributed by atoms with E-state index in [4.69, 9.17) is 16.3 Å². The van der Waals surface area contributed by atoms with Crippen LogP contribution in [-0.4, -0.2) is 27.1 Å². The second kappa shape index (κ2) is 9.03. The van der Waals surface area contributed by atoms with Gasteiger partial charge in [0.15, 0.2) is 0 Å². The lowest BCUT2D eigenvalue weighted by molar-refractivity contribution is -0.139. The maximum Gasteiger partial charge on any atom is 0.419 e. The first-order chi connectivity index (χ1) is 15.9. The summed E-state index contributed by atoms with van der Waals surface area (Å²) in [7, 11) is -4.18. The average Bonchev–Trinajstić information content (AvgIpc) is 3.34. The number of halogens is 5. The summed E-state index contributed by atoms with van der Waals surface area (Å²) >= 11 is 7.00. The second-order valence-electron chi connectivity index (χ2n) is 8.05. The number of hydrogen-bond acceptors (Lipinski definition) is 5. The van der Waals surface area contributed by atoms with Gasteiger partial charge in [-0.2, -0.15) is 13.2 Å². The minimum Gasteiger partial charge on any atom is -0.485 e. The normalized spacial score (nSPS) is 18.8. The molecule has 0 unspecified atom stereocenters. The van der Waals surface area contributed by atoms with E-state index in [2.05, 4.69) is 10.0 Å². The van der Waals surface area contributed by atoms with Gasteiger partial charge in [0.25, 0.3) is 10.0 Å². The Morgan fingerprint density at radius 1 is 1.15 bits per heavy atom. The lowest BCUT2D eigenvalue weighted by Gasteiger charge is -2.27. The van der Waals surface area contributed by atoms with Gasteiger partial charge in [-0.3, -0.25) is 4.72 Å². The van der Waals surface area contributed by atoms with Crippen LogP contribution in [0.4, 0.5) is 23.2 Å². The minimum absolute atomic E-state index is 0.0922. The number of ether oxygens (including phenoxy) is 1. The van der Waals surface area contributed by atoms with Crippen LogP contribution in [0.1, 0.15) is 18.9 Å². The van der Waals surface area contributed by atoms with Gasteiger partial charge in [-0.25, -0.2) is 12.8 Å². The first-order valence-corrected chi connectivity index (χ1v) is 12.7.